The number of nitrogens with one attached hydrogen (secondary N) is 2. The Balaban J connectivity index is 1.59. The number of carbonyl (C=O) groups excluding carboxylic acids is 2. The lowest BCUT2D eigenvalue weighted by molar-refractivity contribution is 0.0600. The van der Waals surface area contributed by atoms with Crippen molar-refractivity contribution in [1.29, 1.82) is 0 Å². The van der Waals surface area contributed by atoms with Gasteiger partial charge in [0, 0.05) is 35.2 Å². The molecule has 0 fully saturated rings. The normalized spacial score (nSPS) is 10.8. The molecule has 0 aliphatic carbocycles. The van der Waals surface area contributed by atoms with E-state index in [1.165, 1.54) is 12.0 Å². The molecule has 2 amide bonds. The van der Waals surface area contributed by atoms with Gasteiger partial charge in [-0.3, -0.25) is 0 Å². The van der Waals surface area contributed by atoms with E-state index in [0.29, 0.717) is 17.8 Å². The molecule has 6 nitrogen and oxygen atoms in total. The summed E-state index contributed by atoms with van der Waals surface area (Å²) < 4.78 is 7.02. The van der Waals surface area contributed by atoms with Crippen LogP contribution >= 0.6 is 11.3 Å². The number of thiophene rings is 1. The van der Waals surface area contributed by atoms with Crippen LogP contribution in [0, 0.1) is 0 Å². The van der Waals surface area contributed by atoms with Gasteiger partial charge in [-0.1, -0.05) is 30.3 Å². The maximum atomic E-state index is 12.6. The third kappa shape index (κ3) is 4.18. The Labute approximate surface area is 184 Å². The van der Waals surface area contributed by atoms with Crippen molar-refractivity contribution in [3.63, 3.8) is 0 Å². The molecule has 7 heteroatoms. The van der Waals surface area contributed by atoms with E-state index in [9.17, 15) is 9.59 Å². The van der Waals surface area contributed by atoms with Gasteiger partial charge in [0.1, 0.15) is 0 Å². The summed E-state index contributed by atoms with van der Waals surface area (Å²) in [4.78, 5) is 25.5. The monoisotopic (exact) mass is 433 g/mol. The number of carbonyl (C=O) groups is 2. The van der Waals surface area contributed by atoms with Gasteiger partial charge >= 0.3 is 12.0 Å². The van der Waals surface area contributed by atoms with Gasteiger partial charge in [-0.05, 0) is 42.6 Å². The number of benzene rings is 2. The number of rotatable bonds is 6. The van der Waals surface area contributed by atoms with Crippen molar-refractivity contribution in [2.75, 3.05) is 12.4 Å². The minimum Gasteiger partial charge on any atom is -0.465 e. The van der Waals surface area contributed by atoms with Crippen molar-refractivity contribution in [3.8, 4) is 10.6 Å². The molecule has 158 valence electrons. The minimum absolute atomic E-state index is 0.340. The summed E-state index contributed by atoms with van der Waals surface area (Å²) in [6, 6.07) is 18.7. The zero-order valence-electron chi connectivity index (χ0n) is 17.3. The first-order chi connectivity index (χ1) is 15.1. The fourth-order valence-corrected chi connectivity index (χ4v) is 4.57. The Kier molecular flexibility index (Phi) is 6.04. The summed E-state index contributed by atoms with van der Waals surface area (Å²) in [6.45, 7) is 3.34. The number of aromatic nitrogens is 1. The maximum absolute atomic E-state index is 12.6. The van der Waals surface area contributed by atoms with E-state index in [0.717, 1.165) is 28.7 Å². The van der Waals surface area contributed by atoms with E-state index in [1.54, 1.807) is 35.6 Å². The van der Waals surface area contributed by atoms with E-state index in [-0.39, 0.29) is 6.03 Å². The average Bonchev–Trinajstić information content (AvgIpc) is 3.43. The third-order valence-electron chi connectivity index (χ3n) is 5.11. The minimum atomic E-state index is -0.447. The number of ether oxygens (including phenoxy) is 1. The number of hydrogen-bond donors (Lipinski definition) is 2. The number of esters is 1. The van der Waals surface area contributed by atoms with Crippen LogP contribution in [0.15, 0.2) is 66.0 Å². The number of nitrogens with zero attached hydrogens (tertiary/aromatic N) is 1. The Morgan fingerprint density at radius 1 is 1.06 bits per heavy atom. The molecule has 31 heavy (non-hydrogen) atoms. The molecule has 0 saturated carbocycles. The number of urea groups is 1. The second-order valence-electron chi connectivity index (χ2n) is 6.95. The van der Waals surface area contributed by atoms with E-state index in [2.05, 4.69) is 45.7 Å². The predicted octanol–water partition coefficient (Wildman–Crippen LogP) is 5.50. The first kappa shape index (κ1) is 20.7. The third-order valence-corrected chi connectivity index (χ3v) is 5.99. The van der Waals surface area contributed by atoms with Crippen LogP contribution in [0.3, 0.4) is 0 Å². The predicted molar refractivity (Wildman–Crippen MR) is 125 cm³/mol. The van der Waals surface area contributed by atoms with Crippen LogP contribution < -0.4 is 10.6 Å². The molecular weight excluding hydrogens is 410 g/mol. The fraction of sp³-hybridized carbons (Fsp3) is 0.167. The summed E-state index contributed by atoms with van der Waals surface area (Å²) in [7, 11) is 1.33. The summed E-state index contributed by atoms with van der Waals surface area (Å²) in [5.41, 5.74) is 4.27. The SMILES string of the molecule is CCn1c(-c2cccs2)c(CNC(=O)Nc2cccc(C(=O)OC)c2)c2ccccc21. The molecule has 2 aromatic heterocycles. The van der Waals surface area contributed by atoms with Gasteiger partial charge in [0.25, 0.3) is 0 Å². The zero-order valence-corrected chi connectivity index (χ0v) is 18.2. The smallest absolute Gasteiger partial charge is 0.337 e. The van der Waals surface area contributed by atoms with Crippen molar-refractivity contribution in [3.05, 3.63) is 77.2 Å². The highest BCUT2D eigenvalue weighted by molar-refractivity contribution is 7.13. The lowest BCUT2D eigenvalue weighted by Gasteiger charge is -2.11. The number of fused-ring (bicyclic) bond motifs is 1. The molecule has 0 saturated heterocycles. The molecule has 0 bridgehead atoms. The lowest BCUT2D eigenvalue weighted by atomic mass is 10.1. The Hall–Kier alpha value is -3.58. The standard InChI is InChI=1S/C24H23N3O3S/c1-3-27-20-11-5-4-10-18(20)19(22(27)21-12-7-13-31-21)15-25-24(29)26-17-9-6-8-16(14-17)23(28)30-2/h4-14H,3,15H2,1-2H3,(H2,25,26,29). The Morgan fingerprint density at radius 2 is 1.90 bits per heavy atom. The number of aryl methyl sites for hydroxylation is 1. The molecule has 0 spiro atoms. The van der Waals surface area contributed by atoms with E-state index >= 15 is 0 Å². The molecule has 0 aliphatic heterocycles. The van der Waals surface area contributed by atoms with Crippen LogP contribution in [0.25, 0.3) is 21.5 Å². The van der Waals surface area contributed by atoms with Gasteiger partial charge in [0.2, 0.25) is 0 Å². The molecule has 2 N–H and O–H groups in total. The molecule has 0 atom stereocenters. The van der Waals surface area contributed by atoms with Gasteiger partial charge in [-0.15, -0.1) is 11.3 Å². The van der Waals surface area contributed by atoms with Crippen LogP contribution in [0.2, 0.25) is 0 Å². The highest BCUT2D eigenvalue weighted by Crippen LogP contribution is 2.36. The average molecular weight is 434 g/mol. The van der Waals surface area contributed by atoms with Crippen LogP contribution in [-0.4, -0.2) is 23.7 Å². The summed E-state index contributed by atoms with van der Waals surface area (Å²) in [5, 5.41) is 8.95. The van der Waals surface area contributed by atoms with Crippen molar-refractivity contribution >= 4 is 39.9 Å². The van der Waals surface area contributed by atoms with Crippen molar-refractivity contribution in [1.82, 2.24) is 9.88 Å². The number of hydrogen-bond acceptors (Lipinski definition) is 4. The quantitative estimate of drug-likeness (QED) is 0.395. The second-order valence-corrected chi connectivity index (χ2v) is 7.89. The molecule has 0 aliphatic rings. The summed E-state index contributed by atoms with van der Waals surface area (Å²) in [5.74, 6) is -0.447. The number of methoxy groups -OCH3 is 1. The first-order valence-electron chi connectivity index (χ1n) is 9.99. The van der Waals surface area contributed by atoms with Gasteiger partial charge in [-0.2, -0.15) is 0 Å². The second kappa shape index (κ2) is 9.06. The molecular formula is C24H23N3O3S. The van der Waals surface area contributed by atoms with E-state index in [1.807, 2.05) is 18.2 Å². The van der Waals surface area contributed by atoms with E-state index < -0.39 is 5.97 Å². The van der Waals surface area contributed by atoms with Crippen LogP contribution in [0.4, 0.5) is 10.5 Å². The molecule has 2 heterocycles. The van der Waals surface area contributed by atoms with Gasteiger partial charge < -0.3 is 19.9 Å². The number of anilines is 1. The molecule has 4 aromatic rings. The molecule has 4 rings (SSSR count). The first-order valence-corrected chi connectivity index (χ1v) is 10.9. The fourth-order valence-electron chi connectivity index (χ4n) is 3.76. The van der Waals surface area contributed by atoms with Gasteiger partial charge in [0.15, 0.2) is 0 Å². The Morgan fingerprint density at radius 3 is 2.65 bits per heavy atom. The van der Waals surface area contributed by atoms with Crippen molar-refractivity contribution < 1.29 is 14.3 Å². The molecule has 2 aromatic carbocycles. The topological polar surface area (TPSA) is 72.4 Å². The lowest BCUT2D eigenvalue weighted by Crippen LogP contribution is -2.28. The largest absolute Gasteiger partial charge is 0.465 e. The molecule has 0 radical (unpaired) electrons. The van der Waals surface area contributed by atoms with Crippen LogP contribution in [-0.2, 0) is 17.8 Å². The summed E-state index contributed by atoms with van der Waals surface area (Å²) >= 11 is 1.69. The van der Waals surface area contributed by atoms with E-state index in [4.69, 9.17) is 4.74 Å². The van der Waals surface area contributed by atoms with Crippen molar-refractivity contribution in [2.24, 2.45) is 0 Å². The zero-order chi connectivity index (χ0) is 21.8. The van der Waals surface area contributed by atoms with Crippen molar-refractivity contribution in [2.45, 2.75) is 20.0 Å². The number of amides is 2. The van der Waals surface area contributed by atoms with Crippen LogP contribution in [0.5, 0.6) is 0 Å². The maximum Gasteiger partial charge on any atom is 0.337 e. The Bertz CT molecular complexity index is 1230. The highest BCUT2D eigenvalue weighted by Gasteiger charge is 2.19. The highest BCUT2D eigenvalue weighted by atomic mass is 32.1. The molecule has 0 unspecified atom stereocenters. The van der Waals surface area contributed by atoms with Crippen LogP contribution in [0.1, 0.15) is 22.8 Å². The van der Waals surface area contributed by atoms with Gasteiger partial charge in [-0.25, -0.2) is 9.59 Å². The van der Waals surface area contributed by atoms with Gasteiger partial charge in [0.05, 0.1) is 23.2 Å². The summed E-state index contributed by atoms with van der Waals surface area (Å²) in [6.07, 6.45) is 0. The number of para-hydroxylation sites is 1.